The van der Waals surface area contributed by atoms with Crippen LogP contribution in [-0.4, -0.2) is 24.8 Å². The van der Waals surface area contributed by atoms with Gasteiger partial charge in [-0.2, -0.15) is 0 Å². The van der Waals surface area contributed by atoms with E-state index in [1.165, 1.54) is 0 Å². The highest BCUT2D eigenvalue weighted by molar-refractivity contribution is 5.23. The van der Waals surface area contributed by atoms with Crippen molar-refractivity contribution < 1.29 is 5.11 Å². The third-order valence-electron chi connectivity index (χ3n) is 1.37. The van der Waals surface area contributed by atoms with Crippen LogP contribution in [0.4, 0.5) is 0 Å². The molecule has 4 heteroatoms. The van der Waals surface area contributed by atoms with E-state index in [0.29, 0.717) is 6.54 Å². The van der Waals surface area contributed by atoms with E-state index in [2.05, 4.69) is 10.6 Å². The van der Waals surface area contributed by atoms with Crippen molar-refractivity contribution in [1.29, 1.82) is 0 Å². The van der Waals surface area contributed by atoms with E-state index in [1.54, 1.807) is 6.08 Å². The Hall–Kier alpha value is -1.16. The first-order valence-electron chi connectivity index (χ1n) is 3.59. The number of aliphatic hydroxyl groups excluding tert-OH is 1. The van der Waals surface area contributed by atoms with Gasteiger partial charge in [-0.3, -0.25) is 0 Å². The average Bonchev–Trinajstić information content (AvgIpc) is 2.01. The van der Waals surface area contributed by atoms with Gasteiger partial charge < -0.3 is 21.5 Å². The van der Waals surface area contributed by atoms with Crippen molar-refractivity contribution in [3.63, 3.8) is 0 Å². The summed E-state index contributed by atoms with van der Waals surface area (Å²) in [6, 6.07) is 0. The van der Waals surface area contributed by atoms with Crippen molar-refractivity contribution in [2.24, 2.45) is 5.73 Å². The smallest absolute Gasteiger partial charge is 0.101 e. The summed E-state index contributed by atoms with van der Waals surface area (Å²) in [5.74, 6) is 0.874. The highest BCUT2D eigenvalue weighted by Gasteiger charge is 1.99. The number of nitrogens with one attached hydrogen (secondary N) is 2. The largest absolute Gasteiger partial charge is 0.399 e. The minimum absolute atomic E-state index is 0.128. The lowest BCUT2D eigenvalue weighted by atomic mass is 10.3. The summed E-state index contributed by atoms with van der Waals surface area (Å²) in [6.07, 6.45) is 3.70. The van der Waals surface area contributed by atoms with Crippen LogP contribution in [0.5, 0.6) is 0 Å². The molecule has 1 aliphatic rings. The Morgan fingerprint density at radius 3 is 3.18 bits per heavy atom. The van der Waals surface area contributed by atoms with E-state index >= 15 is 0 Å². The van der Waals surface area contributed by atoms with Crippen LogP contribution in [0.1, 0.15) is 0 Å². The zero-order valence-corrected chi connectivity index (χ0v) is 6.30. The molecule has 1 rings (SSSR count). The fourth-order valence-electron chi connectivity index (χ4n) is 0.860. The molecule has 0 bridgehead atoms. The van der Waals surface area contributed by atoms with Crippen LogP contribution in [0.2, 0.25) is 0 Å². The van der Waals surface area contributed by atoms with Crippen molar-refractivity contribution in [3.8, 4) is 0 Å². The summed E-state index contributed by atoms with van der Waals surface area (Å²) >= 11 is 0. The third kappa shape index (κ3) is 2.51. The van der Waals surface area contributed by atoms with Gasteiger partial charge in [0.2, 0.25) is 0 Å². The maximum atomic E-state index is 8.50. The second-order valence-corrected chi connectivity index (χ2v) is 2.29. The molecule has 0 radical (unpaired) electrons. The lowest BCUT2D eigenvalue weighted by Gasteiger charge is -2.15. The number of allylic oxidation sites excluding steroid dienone is 1. The standard InChI is InChI=1S/C7H13N3O/c8-6-1-2-9-7(5-6)10-3-4-11/h1,5,9-11H,2-4,8H2. The van der Waals surface area contributed by atoms with Crippen LogP contribution in [-0.2, 0) is 0 Å². The number of hydrogen-bond donors (Lipinski definition) is 4. The molecule has 0 saturated carbocycles. The molecule has 0 aromatic rings. The summed E-state index contributed by atoms with van der Waals surface area (Å²) in [6.45, 7) is 1.42. The van der Waals surface area contributed by atoms with E-state index in [1.807, 2.05) is 6.08 Å². The Morgan fingerprint density at radius 1 is 1.73 bits per heavy atom. The highest BCUT2D eigenvalue weighted by atomic mass is 16.3. The van der Waals surface area contributed by atoms with Gasteiger partial charge in [0.25, 0.3) is 0 Å². The molecular weight excluding hydrogens is 142 g/mol. The zero-order chi connectivity index (χ0) is 8.10. The average molecular weight is 155 g/mol. The fraction of sp³-hybridized carbons (Fsp3) is 0.429. The van der Waals surface area contributed by atoms with Gasteiger partial charge >= 0.3 is 0 Å². The molecular formula is C7H13N3O. The summed E-state index contributed by atoms with van der Waals surface area (Å²) in [5, 5.41) is 14.5. The number of aliphatic hydroxyl groups is 1. The quantitative estimate of drug-likeness (QED) is 0.415. The highest BCUT2D eigenvalue weighted by Crippen LogP contribution is 1.96. The predicted molar refractivity (Wildman–Crippen MR) is 43.4 cm³/mol. The molecule has 0 unspecified atom stereocenters. The summed E-state index contributed by atoms with van der Waals surface area (Å²) < 4.78 is 0. The van der Waals surface area contributed by atoms with E-state index in [4.69, 9.17) is 10.8 Å². The third-order valence-corrected chi connectivity index (χ3v) is 1.37. The Kier molecular flexibility index (Phi) is 2.80. The molecule has 0 amide bonds. The Bertz CT molecular complexity index is 186. The molecule has 0 saturated heterocycles. The van der Waals surface area contributed by atoms with Crippen molar-refractivity contribution in [3.05, 3.63) is 23.7 Å². The van der Waals surface area contributed by atoms with Crippen molar-refractivity contribution in [2.75, 3.05) is 19.7 Å². The van der Waals surface area contributed by atoms with Crippen molar-refractivity contribution >= 4 is 0 Å². The first-order chi connectivity index (χ1) is 5.33. The summed E-state index contributed by atoms with van der Waals surface area (Å²) in [7, 11) is 0. The van der Waals surface area contributed by atoms with Crippen molar-refractivity contribution in [2.45, 2.75) is 0 Å². The second-order valence-electron chi connectivity index (χ2n) is 2.29. The van der Waals surface area contributed by atoms with Gasteiger partial charge in [-0.05, 0) is 6.08 Å². The maximum absolute atomic E-state index is 8.50. The zero-order valence-electron chi connectivity index (χ0n) is 6.30. The Balaban J connectivity index is 2.39. The normalized spacial score (nSPS) is 16.5. The van der Waals surface area contributed by atoms with Gasteiger partial charge in [0.05, 0.1) is 6.61 Å². The molecule has 11 heavy (non-hydrogen) atoms. The van der Waals surface area contributed by atoms with Crippen LogP contribution < -0.4 is 16.4 Å². The molecule has 0 aliphatic carbocycles. The number of dihydropyridines is 1. The van der Waals surface area contributed by atoms with Gasteiger partial charge in [0, 0.05) is 24.9 Å². The minimum atomic E-state index is 0.128. The Labute approximate surface area is 65.8 Å². The lowest BCUT2D eigenvalue weighted by molar-refractivity contribution is 0.296. The van der Waals surface area contributed by atoms with E-state index in [-0.39, 0.29) is 6.61 Å². The molecule has 1 aliphatic heterocycles. The lowest BCUT2D eigenvalue weighted by Crippen LogP contribution is -2.31. The SMILES string of the molecule is NC1=CCNC(NCCO)=C1. The van der Waals surface area contributed by atoms with Gasteiger partial charge in [0.15, 0.2) is 0 Å². The number of rotatable bonds is 3. The van der Waals surface area contributed by atoms with Crippen LogP contribution in [0.25, 0.3) is 0 Å². The van der Waals surface area contributed by atoms with Gasteiger partial charge in [0.1, 0.15) is 5.82 Å². The molecule has 4 nitrogen and oxygen atoms in total. The summed E-state index contributed by atoms with van der Waals surface area (Å²) in [4.78, 5) is 0. The van der Waals surface area contributed by atoms with E-state index in [0.717, 1.165) is 18.1 Å². The molecule has 0 aromatic heterocycles. The first kappa shape index (κ1) is 7.94. The number of nitrogens with two attached hydrogens (primary N) is 1. The van der Waals surface area contributed by atoms with Gasteiger partial charge in [-0.1, -0.05) is 0 Å². The molecule has 0 fully saturated rings. The van der Waals surface area contributed by atoms with Gasteiger partial charge in [-0.15, -0.1) is 0 Å². The predicted octanol–water partition coefficient (Wildman–Crippen LogP) is -1.14. The molecule has 62 valence electrons. The van der Waals surface area contributed by atoms with Crippen LogP contribution >= 0.6 is 0 Å². The maximum Gasteiger partial charge on any atom is 0.101 e. The molecule has 0 spiro atoms. The topological polar surface area (TPSA) is 70.3 Å². The van der Waals surface area contributed by atoms with E-state index in [9.17, 15) is 0 Å². The van der Waals surface area contributed by atoms with Crippen molar-refractivity contribution in [1.82, 2.24) is 10.6 Å². The molecule has 0 atom stereocenters. The van der Waals surface area contributed by atoms with Gasteiger partial charge in [-0.25, -0.2) is 0 Å². The molecule has 1 heterocycles. The fourth-order valence-corrected chi connectivity index (χ4v) is 0.860. The molecule has 0 aromatic carbocycles. The monoisotopic (exact) mass is 155 g/mol. The first-order valence-corrected chi connectivity index (χ1v) is 3.59. The van der Waals surface area contributed by atoms with Crippen LogP contribution in [0.15, 0.2) is 23.7 Å². The Morgan fingerprint density at radius 2 is 2.55 bits per heavy atom. The van der Waals surface area contributed by atoms with Crippen LogP contribution in [0, 0.1) is 0 Å². The van der Waals surface area contributed by atoms with E-state index < -0.39 is 0 Å². The molecule has 5 N–H and O–H groups in total. The second kappa shape index (κ2) is 3.88. The van der Waals surface area contributed by atoms with Crippen LogP contribution in [0.3, 0.4) is 0 Å². The summed E-state index contributed by atoms with van der Waals surface area (Å²) in [5.41, 5.74) is 6.29. The number of hydrogen-bond acceptors (Lipinski definition) is 4. The minimum Gasteiger partial charge on any atom is -0.399 e.